The van der Waals surface area contributed by atoms with Crippen LogP contribution >= 0.6 is 0 Å². The number of aromatic nitrogens is 2. The van der Waals surface area contributed by atoms with E-state index in [0.29, 0.717) is 24.3 Å². The smallest absolute Gasteiger partial charge is 0.310 e. The van der Waals surface area contributed by atoms with Crippen LogP contribution in [-0.2, 0) is 11.2 Å². The third-order valence-corrected chi connectivity index (χ3v) is 5.88. The SMILES string of the molecule is CCC(CC)n1ccc(CC2(C(=O)O)CC3CCC2C3)n1. The lowest BCUT2D eigenvalue weighted by atomic mass is 9.70. The van der Waals surface area contributed by atoms with Gasteiger partial charge in [0.1, 0.15) is 0 Å². The molecule has 4 nitrogen and oxygen atoms in total. The number of hydrogen-bond acceptors (Lipinski definition) is 2. The van der Waals surface area contributed by atoms with E-state index in [1.807, 2.05) is 16.9 Å². The number of rotatable bonds is 6. The summed E-state index contributed by atoms with van der Waals surface area (Å²) in [7, 11) is 0. The van der Waals surface area contributed by atoms with Crippen molar-refractivity contribution in [1.29, 1.82) is 0 Å². The molecule has 116 valence electrons. The molecule has 1 heterocycles. The molecule has 4 heteroatoms. The van der Waals surface area contributed by atoms with E-state index in [0.717, 1.165) is 37.8 Å². The zero-order chi connectivity index (χ0) is 15.0. The lowest BCUT2D eigenvalue weighted by Gasteiger charge is -2.33. The molecule has 0 amide bonds. The molecule has 2 aliphatic rings. The van der Waals surface area contributed by atoms with Gasteiger partial charge >= 0.3 is 5.97 Å². The fourth-order valence-electron chi connectivity index (χ4n) is 4.66. The summed E-state index contributed by atoms with van der Waals surface area (Å²) in [6.07, 6.45) is 9.03. The molecule has 0 radical (unpaired) electrons. The molecular formula is C17H26N2O2. The molecular weight excluding hydrogens is 264 g/mol. The van der Waals surface area contributed by atoms with Crippen molar-refractivity contribution in [2.24, 2.45) is 17.3 Å². The van der Waals surface area contributed by atoms with E-state index in [4.69, 9.17) is 0 Å². The molecule has 21 heavy (non-hydrogen) atoms. The molecule has 0 spiro atoms. The molecule has 0 saturated heterocycles. The van der Waals surface area contributed by atoms with Crippen LogP contribution in [0.1, 0.15) is 64.1 Å². The lowest BCUT2D eigenvalue weighted by molar-refractivity contribution is -0.152. The Kier molecular flexibility index (Phi) is 3.80. The van der Waals surface area contributed by atoms with Crippen molar-refractivity contribution >= 4 is 5.97 Å². The largest absolute Gasteiger partial charge is 0.481 e. The summed E-state index contributed by atoms with van der Waals surface area (Å²) in [5.41, 5.74) is 0.410. The minimum atomic E-state index is -0.605. The van der Waals surface area contributed by atoms with E-state index in [-0.39, 0.29) is 0 Å². The molecule has 2 fully saturated rings. The highest BCUT2D eigenvalue weighted by atomic mass is 16.4. The Hall–Kier alpha value is -1.32. The van der Waals surface area contributed by atoms with Gasteiger partial charge in [0.25, 0.3) is 0 Å². The first kappa shape index (κ1) is 14.6. The average molecular weight is 290 g/mol. The third kappa shape index (κ3) is 2.39. The molecule has 1 aromatic rings. The first-order chi connectivity index (χ1) is 10.1. The van der Waals surface area contributed by atoms with Crippen molar-refractivity contribution in [3.05, 3.63) is 18.0 Å². The van der Waals surface area contributed by atoms with Crippen molar-refractivity contribution in [3.63, 3.8) is 0 Å². The normalized spacial score (nSPS) is 31.2. The van der Waals surface area contributed by atoms with Gasteiger partial charge in [-0.15, -0.1) is 0 Å². The predicted molar refractivity (Wildman–Crippen MR) is 81.1 cm³/mol. The maximum atomic E-state index is 11.9. The summed E-state index contributed by atoms with van der Waals surface area (Å²) in [6, 6.07) is 2.45. The van der Waals surface area contributed by atoms with Crippen molar-refractivity contribution in [1.82, 2.24) is 9.78 Å². The van der Waals surface area contributed by atoms with Gasteiger partial charge in [-0.3, -0.25) is 9.48 Å². The zero-order valence-electron chi connectivity index (χ0n) is 13.1. The van der Waals surface area contributed by atoms with Gasteiger partial charge in [-0.25, -0.2) is 0 Å². The zero-order valence-corrected chi connectivity index (χ0v) is 13.1. The Morgan fingerprint density at radius 1 is 1.48 bits per heavy atom. The summed E-state index contributed by atoms with van der Waals surface area (Å²) in [5.74, 6) is 0.386. The van der Waals surface area contributed by atoms with Gasteiger partial charge in [-0.05, 0) is 50.0 Å². The second-order valence-corrected chi connectivity index (χ2v) is 6.98. The number of fused-ring (bicyclic) bond motifs is 2. The Labute approximate surface area is 126 Å². The number of carbonyl (C=O) groups is 1. The molecule has 1 aromatic heterocycles. The van der Waals surface area contributed by atoms with Crippen LogP contribution in [0.5, 0.6) is 0 Å². The van der Waals surface area contributed by atoms with Gasteiger partial charge in [0.05, 0.1) is 17.2 Å². The molecule has 2 bridgehead atoms. The molecule has 3 unspecified atom stereocenters. The summed E-state index contributed by atoms with van der Waals surface area (Å²) >= 11 is 0. The topological polar surface area (TPSA) is 55.1 Å². The molecule has 3 atom stereocenters. The minimum Gasteiger partial charge on any atom is -0.481 e. The van der Waals surface area contributed by atoms with Crippen molar-refractivity contribution < 1.29 is 9.90 Å². The van der Waals surface area contributed by atoms with Crippen LogP contribution in [0.2, 0.25) is 0 Å². The predicted octanol–water partition coefficient (Wildman–Crippen LogP) is 3.68. The lowest BCUT2D eigenvalue weighted by Crippen LogP contribution is -2.38. The van der Waals surface area contributed by atoms with E-state index in [2.05, 4.69) is 18.9 Å². The van der Waals surface area contributed by atoms with Gasteiger partial charge in [0, 0.05) is 12.6 Å². The molecule has 1 N–H and O–H groups in total. The average Bonchev–Trinajstić information content (AvgIpc) is 3.16. The standard InChI is InChI=1S/C17H26N2O2/c1-3-15(4-2)19-8-7-14(18-19)11-17(16(20)21)10-12-5-6-13(17)9-12/h7-8,12-13,15H,3-6,9-11H2,1-2H3,(H,20,21). The van der Waals surface area contributed by atoms with Gasteiger partial charge in [-0.1, -0.05) is 20.3 Å². The number of aliphatic carboxylic acids is 1. The highest BCUT2D eigenvalue weighted by Crippen LogP contribution is 2.57. The quantitative estimate of drug-likeness (QED) is 0.869. The van der Waals surface area contributed by atoms with E-state index >= 15 is 0 Å². The maximum absolute atomic E-state index is 11.9. The Balaban J connectivity index is 1.80. The number of carboxylic acid groups (broad SMARTS) is 1. The Morgan fingerprint density at radius 3 is 2.76 bits per heavy atom. The third-order valence-electron chi connectivity index (χ3n) is 5.88. The van der Waals surface area contributed by atoms with Crippen LogP contribution in [0.4, 0.5) is 0 Å². The first-order valence-corrected chi connectivity index (χ1v) is 8.36. The summed E-state index contributed by atoms with van der Waals surface area (Å²) in [4.78, 5) is 11.9. The molecule has 0 aromatic carbocycles. The van der Waals surface area contributed by atoms with Crippen LogP contribution in [0.15, 0.2) is 12.3 Å². The van der Waals surface area contributed by atoms with Gasteiger partial charge in [0.15, 0.2) is 0 Å². The molecule has 3 rings (SSSR count). The van der Waals surface area contributed by atoms with Crippen molar-refractivity contribution in [3.8, 4) is 0 Å². The van der Waals surface area contributed by atoms with Gasteiger partial charge in [-0.2, -0.15) is 5.10 Å². The van der Waals surface area contributed by atoms with Gasteiger partial charge in [0.2, 0.25) is 0 Å². The van der Waals surface area contributed by atoms with E-state index in [1.165, 1.54) is 6.42 Å². The van der Waals surface area contributed by atoms with Crippen LogP contribution in [0.3, 0.4) is 0 Å². The second-order valence-electron chi connectivity index (χ2n) is 6.98. The van der Waals surface area contributed by atoms with Crippen LogP contribution in [0, 0.1) is 17.3 Å². The van der Waals surface area contributed by atoms with E-state index < -0.39 is 11.4 Å². The monoisotopic (exact) mass is 290 g/mol. The number of nitrogens with zero attached hydrogens (tertiary/aromatic N) is 2. The maximum Gasteiger partial charge on any atom is 0.310 e. The van der Waals surface area contributed by atoms with Crippen LogP contribution in [0.25, 0.3) is 0 Å². The van der Waals surface area contributed by atoms with Crippen LogP contribution in [-0.4, -0.2) is 20.9 Å². The summed E-state index contributed by atoms with van der Waals surface area (Å²) in [6.45, 7) is 4.34. The number of hydrogen-bond donors (Lipinski definition) is 1. The highest BCUT2D eigenvalue weighted by Gasteiger charge is 2.55. The van der Waals surface area contributed by atoms with E-state index in [1.54, 1.807) is 0 Å². The summed E-state index contributed by atoms with van der Waals surface area (Å²) in [5, 5.41) is 14.5. The highest BCUT2D eigenvalue weighted by molar-refractivity contribution is 5.76. The van der Waals surface area contributed by atoms with Gasteiger partial charge < -0.3 is 5.11 Å². The van der Waals surface area contributed by atoms with Crippen molar-refractivity contribution in [2.45, 2.75) is 64.8 Å². The molecule has 0 aliphatic heterocycles. The summed E-state index contributed by atoms with van der Waals surface area (Å²) < 4.78 is 2.03. The fourth-order valence-corrected chi connectivity index (χ4v) is 4.66. The second kappa shape index (κ2) is 5.47. The van der Waals surface area contributed by atoms with Crippen LogP contribution < -0.4 is 0 Å². The van der Waals surface area contributed by atoms with Crippen molar-refractivity contribution in [2.75, 3.05) is 0 Å². The first-order valence-electron chi connectivity index (χ1n) is 8.36. The fraction of sp³-hybridized carbons (Fsp3) is 0.765. The Bertz CT molecular complexity index is 521. The number of carboxylic acids is 1. The van der Waals surface area contributed by atoms with E-state index in [9.17, 15) is 9.90 Å². The molecule has 2 aliphatic carbocycles. The minimum absolute atomic E-state index is 0.360. The Morgan fingerprint density at radius 2 is 2.24 bits per heavy atom. The molecule has 2 saturated carbocycles.